The number of aliphatic carboxylic acids is 1. The molecular formula is C11H11ClN4O3S. The highest BCUT2D eigenvalue weighted by atomic mass is 35.5. The number of halogens is 1. The monoisotopic (exact) mass is 314 g/mol. The molecule has 3 N–H and O–H groups in total. The van der Waals surface area contributed by atoms with Gasteiger partial charge in [0.2, 0.25) is 5.91 Å². The van der Waals surface area contributed by atoms with Gasteiger partial charge in [-0.2, -0.15) is 8.75 Å². The summed E-state index contributed by atoms with van der Waals surface area (Å²) < 4.78 is 8.19. The maximum Gasteiger partial charge on any atom is 0.328 e. The van der Waals surface area contributed by atoms with Crippen molar-refractivity contribution >= 4 is 51.9 Å². The lowest BCUT2D eigenvalue weighted by Crippen LogP contribution is -2.44. The van der Waals surface area contributed by atoms with Crippen LogP contribution in [0.4, 0.5) is 5.69 Å². The van der Waals surface area contributed by atoms with Crippen LogP contribution in [0.1, 0.15) is 6.92 Å². The van der Waals surface area contributed by atoms with E-state index in [1.54, 1.807) is 12.1 Å². The number of carbonyl (C=O) groups is 2. The molecule has 7 nitrogen and oxygen atoms in total. The Hall–Kier alpha value is -1.93. The standard InChI is InChI=1S/C11H11ClN4O3S/c1-5(17)14-8(11(18)19)4-13-9-6(12)2-3-7-10(9)16-20-15-7/h2-3,8,13H,4H2,1H3,(H,14,17)(H,18,19). The zero-order chi connectivity index (χ0) is 14.7. The second-order valence-corrected chi connectivity index (χ2v) is 4.96. The highest BCUT2D eigenvalue weighted by Crippen LogP contribution is 2.29. The van der Waals surface area contributed by atoms with E-state index < -0.39 is 17.9 Å². The van der Waals surface area contributed by atoms with Crippen molar-refractivity contribution in [3.05, 3.63) is 17.2 Å². The van der Waals surface area contributed by atoms with Gasteiger partial charge in [-0.1, -0.05) is 11.6 Å². The number of amides is 1. The summed E-state index contributed by atoms with van der Waals surface area (Å²) in [5.41, 5.74) is 1.76. The first-order valence-corrected chi connectivity index (χ1v) is 6.74. The Morgan fingerprint density at radius 3 is 2.85 bits per heavy atom. The number of aromatic nitrogens is 2. The molecule has 0 radical (unpaired) electrons. The minimum atomic E-state index is -1.13. The molecule has 0 saturated carbocycles. The molecule has 1 unspecified atom stereocenters. The highest BCUT2D eigenvalue weighted by molar-refractivity contribution is 7.00. The molecule has 20 heavy (non-hydrogen) atoms. The van der Waals surface area contributed by atoms with Crippen molar-refractivity contribution in [2.24, 2.45) is 0 Å². The van der Waals surface area contributed by atoms with Gasteiger partial charge in [0.05, 0.1) is 22.4 Å². The Morgan fingerprint density at radius 1 is 1.45 bits per heavy atom. The average molecular weight is 315 g/mol. The van der Waals surface area contributed by atoms with Crippen LogP contribution in [0.2, 0.25) is 5.02 Å². The Balaban J connectivity index is 2.19. The third-order valence-corrected chi connectivity index (χ3v) is 3.39. The molecule has 9 heteroatoms. The Kier molecular flexibility index (Phi) is 4.35. The largest absolute Gasteiger partial charge is 0.480 e. The van der Waals surface area contributed by atoms with Gasteiger partial charge in [-0.05, 0) is 12.1 Å². The first-order chi connectivity index (χ1) is 9.49. The van der Waals surface area contributed by atoms with Crippen LogP contribution in [0.25, 0.3) is 11.0 Å². The van der Waals surface area contributed by atoms with Gasteiger partial charge < -0.3 is 15.7 Å². The molecule has 0 aliphatic heterocycles. The van der Waals surface area contributed by atoms with Crippen LogP contribution in [-0.2, 0) is 9.59 Å². The fourth-order valence-electron chi connectivity index (χ4n) is 1.64. The van der Waals surface area contributed by atoms with Gasteiger partial charge in [-0.25, -0.2) is 4.79 Å². The second-order valence-electron chi connectivity index (χ2n) is 4.03. The fourth-order valence-corrected chi connectivity index (χ4v) is 2.41. The van der Waals surface area contributed by atoms with Crippen LogP contribution in [0.3, 0.4) is 0 Å². The number of hydrogen-bond donors (Lipinski definition) is 3. The van der Waals surface area contributed by atoms with E-state index in [4.69, 9.17) is 16.7 Å². The minimum absolute atomic E-state index is 0.00866. The zero-order valence-electron chi connectivity index (χ0n) is 10.4. The molecule has 0 fully saturated rings. The van der Waals surface area contributed by atoms with Crippen molar-refractivity contribution < 1.29 is 14.7 Å². The number of hydrogen-bond acceptors (Lipinski definition) is 6. The molecule has 0 aliphatic carbocycles. The number of nitrogens with zero attached hydrogens (tertiary/aromatic N) is 2. The lowest BCUT2D eigenvalue weighted by molar-refractivity contribution is -0.141. The predicted octanol–water partition coefficient (Wildman–Crippen LogP) is 1.35. The first-order valence-electron chi connectivity index (χ1n) is 5.63. The van der Waals surface area contributed by atoms with Crippen LogP contribution in [0, 0.1) is 0 Å². The molecular weight excluding hydrogens is 304 g/mol. The van der Waals surface area contributed by atoms with Crippen molar-refractivity contribution in [3.63, 3.8) is 0 Å². The number of fused-ring (bicyclic) bond motifs is 1. The fraction of sp³-hybridized carbons (Fsp3) is 0.273. The number of nitrogens with one attached hydrogen (secondary N) is 2. The van der Waals surface area contributed by atoms with E-state index in [9.17, 15) is 9.59 Å². The first kappa shape index (κ1) is 14.5. The molecule has 1 amide bonds. The summed E-state index contributed by atoms with van der Waals surface area (Å²) in [5.74, 6) is -1.55. The predicted molar refractivity (Wildman–Crippen MR) is 76.2 cm³/mol. The lowest BCUT2D eigenvalue weighted by Gasteiger charge is -2.15. The Bertz CT molecular complexity index is 660. The summed E-state index contributed by atoms with van der Waals surface area (Å²) in [6.45, 7) is 1.25. The summed E-state index contributed by atoms with van der Waals surface area (Å²) in [4.78, 5) is 22.0. The lowest BCUT2D eigenvalue weighted by atomic mass is 10.2. The molecule has 106 valence electrons. The van der Waals surface area contributed by atoms with Crippen LogP contribution >= 0.6 is 23.3 Å². The topological polar surface area (TPSA) is 104 Å². The second kappa shape index (κ2) is 6.02. The van der Waals surface area contributed by atoms with Gasteiger partial charge in [0.25, 0.3) is 0 Å². The van der Waals surface area contributed by atoms with E-state index >= 15 is 0 Å². The molecule has 1 aromatic carbocycles. The van der Waals surface area contributed by atoms with Crippen LogP contribution in [0.15, 0.2) is 12.1 Å². The van der Waals surface area contributed by atoms with Gasteiger partial charge >= 0.3 is 5.97 Å². The van der Waals surface area contributed by atoms with Crippen molar-refractivity contribution in [1.82, 2.24) is 14.1 Å². The quantitative estimate of drug-likeness (QED) is 0.769. The normalized spacial score (nSPS) is 12.1. The molecule has 2 rings (SSSR count). The smallest absolute Gasteiger partial charge is 0.328 e. The Morgan fingerprint density at radius 2 is 2.20 bits per heavy atom. The summed E-state index contributed by atoms with van der Waals surface area (Å²) in [6, 6.07) is 2.34. The number of carboxylic acids is 1. The number of carbonyl (C=O) groups excluding carboxylic acids is 1. The van der Waals surface area contributed by atoms with Crippen molar-refractivity contribution in [2.75, 3.05) is 11.9 Å². The number of benzene rings is 1. The third-order valence-electron chi connectivity index (χ3n) is 2.54. The van der Waals surface area contributed by atoms with Gasteiger partial charge in [0, 0.05) is 13.5 Å². The summed E-state index contributed by atoms with van der Waals surface area (Å²) in [7, 11) is 0. The van der Waals surface area contributed by atoms with E-state index in [0.717, 1.165) is 11.7 Å². The van der Waals surface area contributed by atoms with Crippen molar-refractivity contribution in [1.29, 1.82) is 0 Å². The van der Waals surface area contributed by atoms with Crippen molar-refractivity contribution in [2.45, 2.75) is 13.0 Å². The summed E-state index contributed by atoms with van der Waals surface area (Å²) in [5, 5.41) is 14.7. The van der Waals surface area contributed by atoms with Gasteiger partial charge in [-0.3, -0.25) is 4.79 Å². The van der Waals surface area contributed by atoms with E-state index in [1.807, 2.05) is 0 Å². The van der Waals surface area contributed by atoms with E-state index in [1.165, 1.54) is 6.92 Å². The van der Waals surface area contributed by atoms with Gasteiger partial charge in [-0.15, -0.1) is 0 Å². The maximum absolute atomic E-state index is 11.0. The van der Waals surface area contributed by atoms with E-state index in [-0.39, 0.29) is 6.54 Å². The average Bonchev–Trinajstić information content (AvgIpc) is 2.83. The minimum Gasteiger partial charge on any atom is -0.480 e. The molecule has 0 spiro atoms. The van der Waals surface area contributed by atoms with Crippen LogP contribution in [0.5, 0.6) is 0 Å². The van der Waals surface area contributed by atoms with E-state index in [2.05, 4.69) is 19.4 Å². The number of anilines is 1. The van der Waals surface area contributed by atoms with Gasteiger partial charge in [0.1, 0.15) is 17.1 Å². The number of carboxylic acid groups (broad SMARTS) is 1. The third kappa shape index (κ3) is 3.14. The van der Waals surface area contributed by atoms with Gasteiger partial charge in [0.15, 0.2) is 0 Å². The zero-order valence-corrected chi connectivity index (χ0v) is 12.0. The molecule has 0 bridgehead atoms. The van der Waals surface area contributed by atoms with Crippen molar-refractivity contribution in [3.8, 4) is 0 Å². The molecule has 0 saturated heterocycles. The molecule has 0 aliphatic rings. The highest BCUT2D eigenvalue weighted by Gasteiger charge is 2.19. The van der Waals surface area contributed by atoms with Crippen LogP contribution in [-0.4, -0.2) is 38.3 Å². The molecule has 1 heterocycles. The maximum atomic E-state index is 11.0. The molecule has 1 aromatic heterocycles. The molecule has 1 atom stereocenters. The number of rotatable bonds is 5. The Labute approximate surface area is 123 Å². The summed E-state index contributed by atoms with van der Waals surface area (Å²) >= 11 is 7.11. The van der Waals surface area contributed by atoms with Crippen LogP contribution < -0.4 is 10.6 Å². The summed E-state index contributed by atoms with van der Waals surface area (Å²) in [6.07, 6.45) is 0. The van der Waals surface area contributed by atoms with E-state index in [0.29, 0.717) is 21.7 Å². The SMILES string of the molecule is CC(=O)NC(CNc1c(Cl)ccc2nsnc12)C(=O)O. The molecule has 2 aromatic rings.